The standard InChI is InChI=1S/C11H14O3/c1-11(2)13-9-6-3-4-8(12)7(5-6)10(9)14-11/h3-4,6-7,9-10H,5H2,1-2H3/t6-,7+,9+,10-/m1/s1. The average Bonchev–Trinajstić information content (AvgIpc) is 2.53. The quantitative estimate of drug-likeness (QED) is 0.582. The van der Waals surface area contributed by atoms with Gasteiger partial charge in [0.05, 0.1) is 18.1 Å². The minimum atomic E-state index is -0.516. The molecule has 3 aliphatic rings. The van der Waals surface area contributed by atoms with Crippen LogP contribution in [-0.2, 0) is 14.3 Å². The molecule has 0 radical (unpaired) electrons. The second-order valence-corrected chi connectivity index (χ2v) is 4.83. The van der Waals surface area contributed by atoms with E-state index in [1.165, 1.54) is 0 Å². The summed E-state index contributed by atoms with van der Waals surface area (Å²) >= 11 is 0. The van der Waals surface area contributed by atoms with Crippen LogP contribution < -0.4 is 0 Å². The fourth-order valence-corrected chi connectivity index (χ4v) is 2.83. The van der Waals surface area contributed by atoms with Crippen LogP contribution in [0.2, 0.25) is 0 Å². The molecule has 3 heteroatoms. The SMILES string of the molecule is CC1(C)O[C@@H]2[C@H](O1)[C@H]1C[C@H]2C=CC1=O. The van der Waals surface area contributed by atoms with E-state index >= 15 is 0 Å². The number of carbonyl (C=O) groups is 1. The third-order valence-electron chi connectivity index (χ3n) is 3.38. The molecule has 1 aliphatic heterocycles. The maximum absolute atomic E-state index is 11.6. The van der Waals surface area contributed by atoms with Crippen LogP contribution in [0.5, 0.6) is 0 Å². The molecule has 76 valence electrons. The molecule has 0 aromatic heterocycles. The molecule has 4 atom stereocenters. The Morgan fingerprint density at radius 1 is 1.36 bits per heavy atom. The predicted octanol–water partition coefficient (Wildman–Crippen LogP) is 1.28. The van der Waals surface area contributed by atoms with Crippen molar-refractivity contribution in [3.63, 3.8) is 0 Å². The zero-order valence-corrected chi connectivity index (χ0v) is 8.40. The van der Waals surface area contributed by atoms with Gasteiger partial charge in [0.25, 0.3) is 0 Å². The van der Waals surface area contributed by atoms with Crippen molar-refractivity contribution < 1.29 is 14.3 Å². The van der Waals surface area contributed by atoms with Gasteiger partial charge in [-0.3, -0.25) is 4.79 Å². The van der Waals surface area contributed by atoms with Gasteiger partial charge in [-0.2, -0.15) is 0 Å². The van der Waals surface area contributed by atoms with Crippen molar-refractivity contribution >= 4 is 5.78 Å². The summed E-state index contributed by atoms with van der Waals surface area (Å²) in [7, 11) is 0. The molecule has 0 amide bonds. The van der Waals surface area contributed by atoms with Crippen LogP contribution in [-0.4, -0.2) is 23.8 Å². The summed E-state index contributed by atoms with van der Waals surface area (Å²) in [5.41, 5.74) is 0. The molecule has 0 aromatic rings. The van der Waals surface area contributed by atoms with E-state index in [1.807, 2.05) is 19.9 Å². The van der Waals surface area contributed by atoms with E-state index in [0.29, 0.717) is 5.92 Å². The van der Waals surface area contributed by atoms with E-state index in [9.17, 15) is 4.79 Å². The zero-order chi connectivity index (χ0) is 9.92. The largest absolute Gasteiger partial charge is 0.344 e. The molecule has 0 spiro atoms. The van der Waals surface area contributed by atoms with Crippen molar-refractivity contribution in [3.8, 4) is 0 Å². The molecular formula is C11H14O3. The Morgan fingerprint density at radius 2 is 2.07 bits per heavy atom. The lowest BCUT2D eigenvalue weighted by Gasteiger charge is -2.23. The minimum absolute atomic E-state index is 0.0162. The van der Waals surface area contributed by atoms with E-state index in [-0.39, 0.29) is 23.9 Å². The average molecular weight is 194 g/mol. The highest BCUT2D eigenvalue weighted by Crippen LogP contribution is 2.47. The fraction of sp³-hybridized carbons (Fsp3) is 0.727. The maximum Gasteiger partial charge on any atom is 0.163 e. The van der Waals surface area contributed by atoms with Gasteiger partial charge >= 0.3 is 0 Å². The van der Waals surface area contributed by atoms with Crippen LogP contribution in [0.4, 0.5) is 0 Å². The van der Waals surface area contributed by atoms with E-state index in [2.05, 4.69) is 0 Å². The number of hydrogen-bond donors (Lipinski definition) is 0. The monoisotopic (exact) mass is 194 g/mol. The van der Waals surface area contributed by atoms with Gasteiger partial charge in [-0.1, -0.05) is 6.08 Å². The minimum Gasteiger partial charge on any atom is -0.344 e. The Hall–Kier alpha value is -0.670. The van der Waals surface area contributed by atoms with Crippen molar-refractivity contribution in [2.75, 3.05) is 0 Å². The molecule has 2 bridgehead atoms. The number of ketones is 1. The lowest BCUT2D eigenvalue weighted by Crippen LogP contribution is -2.29. The van der Waals surface area contributed by atoms with Gasteiger partial charge in [0.1, 0.15) is 0 Å². The van der Waals surface area contributed by atoms with Crippen molar-refractivity contribution in [2.24, 2.45) is 11.8 Å². The highest BCUT2D eigenvalue weighted by atomic mass is 16.8. The summed E-state index contributed by atoms with van der Waals surface area (Å²) < 4.78 is 11.6. The van der Waals surface area contributed by atoms with E-state index in [1.54, 1.807) is 6.08 Å². The molecule has 0 aromatic carbocycles. The number of carbonyl (C=O) groups excluding carboxylic acids is 1. The smallest absolute Gasteiger partial charge is 0.163 e. The van der Waals surface area contributed by atoms with E-state index < -0.39 is 5.79 Å². The topological polar surface area (TPSA) is 35.5 Å². The molecule has 0 N–H and O–H groups in total. The normalized spacial score (nSPS) is 48.3. The van der Waals surface area contributed by atoms with E-state index in [0.717, 1.165) is 6.42 Å². The fourth-order valence-electron chi connectivity index (χ4n) is 2.83. The summed E-state index contributed by atoms with van der Waals surface area (Å²) in [5, 5.41) is 0. The van der Waals surface area contributed by atoms with Gasteiger partial charge in [0, 0.05) is 5.92 Å². The molecule has 3 rings (SSSR count). The van der Waals surface area contributed by atoms with Crippen molar-refractivity contribution in [1.82, 2.24) is 0 Å². The van der Waals surface area contributed by atoms with Crippen molar-refractivity contribution in [1.29, 1.82) is 0 Å². The summed E-state index contributed by atoms with van der Waals surface area (Å²) in [6.07, 6.45) is 4.65. The third kappa shape index (κ3) is 1.03. The first-order chi connectivity index (χ1) is 6.57. The summed E-state index contributed by atoms with van der Waals surface area (Å²) in [5.74, 6) is 0.105. The maximum atomic E-state index is 11.6. The summed E-state index contributed by atoms with van der Waals surface area (Å²) in [4.78, 5) is 11.6. The summed E-state index contributed by atoms with van der Waals surface area (Å²) in [6, 6.07) is 0. The molecule has 1 heterocycles. The Labute approximate surface area is 83.1 Å². The van der Waals surface area contributed by atoms with Crippen LogP contribution in [0, 0.1) is 11.8 Å². The zero-order valence-electron chi connectivity index (χ0n) is 8.40. The van der Waals surface area contributed by atoms with Gasteiger partial charge in [0.2, 0.25) is 0 Å². The number of ether oxygens (including phenoxy) is 2. The second kappa shape index (κ2) is 2.47. The molecule has 3 nitrogen and oxygen atoms in total. The Kier molecular flexibility index (Phi) is 1.52. The van der Waals surface area contributed by atoms with Gasteiger partial charge in [-0.05, 0) is 26.3 Å². The molecule has 1 saturated carbocycles. The van der Waals surface area contributed by atoms with E-state index in [4.69, 9.17) is 9.47 Å². The molecular weight excluding hydrogens is 180 g/mol. The van der Waals surface area contributed by atoms with Crippen LogP contribution in [0.15, 0.2) is 12.2 Å². The van der Waals surface area contributed by atoms with Crippen LogP contribution in [0.25, 0.3) is 0 Å². The van der Waals surface area contributed by atoms with Crippen molar-refractivity contribution in [2.45, 2.75) is 38.3 Å². The first-order valence-corrected chi connectivity index (χ1v) is 5.14. The van der Waals surface area contributed by atoms with Crippen LogP contribution >= 0.6 is 0 Å². The third-order valence-corrected chi connectivity index (χ3v) is 3.38. The van der Waals surface area contributed by atoms with Gasteiger partial charge < -0.3 is 9.47 Å². The second-order valence-electron chi connectivity index (χ2n) is 4.83. The van der Waals surface area contributed by atoms with Gasteiger partial charge in [-0.15, -0.1) is 0 Å². The van der Waals surface area contributed by atoms with Crippen LogP contribution in [0.1, 0.15) is 20.3 Å². The highest BCUT2D eigenvalue weighted by molar-refractivity contribution is 5.93. The lowest BCUT2D eigenvalue weighted by atomic mass is 9.93. The number of allylic oxidation sites excluding steroid dienone is 1. The first kappa shape index (κ1) is 8.62. The molecule has 2 aliphatic carbocycles. The summed E-state index contributed by atoms with van der Waals surface area (Å²) in [6.45, 7) is 3.82. The van der Waals surface area contributed by atoms with Crippen molar-refractivity contribution in [3.05, 3.63) is 12.2 Å². The number of hydrogen-bond acceptors (Lipinski definition) is 3. The van der Waals surface area contributed by atoms with Gasteiger partial charge in [-0.25, -0.2) is 0 Å². The Balaban J connectivity index is 1.95. The predicted molar refractivity (Wildman–Crippen MR) is 49.6 cm³/mol. The molecule has 14 heavy (non-hydrogen) atoms. The number of fused-ring (bicyclic) bond motifs is 5. The van der Waals surface area contributed by atoms with Gasteiger partial charge in [0.15, 0.2) is 11.6 Å². The Morgan fingerprint density at radius 3 is 2.86 bits per heavy atom. The molecule has 2 fully saturated rings. The lowest BCUT2D eigenvalue weighted by molar-refractivity contribution is -0.161. The highest BCUT2D eigenvalue weighted by Gasteiger charge is 2.56. The molecule has 0 unspecified atom stereocenters. The van der Waals surface area contributed by atoms with Crippen LogP contribution in [0.3, 0.4) is 0 Å². The molecule has 1 saturated heterocycles. The number of rotatable bonds is 0. The first-order valence-electron chi connectivity index (χ1n) is 5.14. The Bertz CT molecular complexity index is 318.